The molecule has 26 heavy (non-hydrogen) atoms. The van der Waals surface area contributed by atoms with E-state index in [2.05, 4.69) is 4.98 Å². The number of benzene rings is 1. The molecule has 2 atom stereocenters. The molecule has 3 heterocycles. The van der Waals surface area contributed by atoms with E-state index in [-0.39, 0.29) is 24.8 Å². The lowest BCUT2D eigenvalue weighted by atomic mass is 9.80. The van der Waals surface area contributed by atoms with Crippen LogP contribution >= 0.6 is 0 Å². The molecule has 2 unspecified atom stereocenters. The molecule has 2 aliphatic rings. The van der Waals surface area contributed by atoms with Crippen LogP contribution in [0.1, 0.15) is 42.5 Å². The molecule has 1 aromatic heterocycles. The van der Waals surface area contributed by atoms with Gasteiger partial charge in [0.25, 0.3) is 0 Å². The standard InChI is InChI=1S/C21H24N2O3/c1-15-19(8-5-11-22-15)21(25)12-17-9-10-18(13-21)23(17)20(24)26-14-16-6-3-2-4-7-16/h2-8,11,17-18,25H,9-10,12-14H2,1H3. The van der Waals surface area contributed by atoms with Crippen molar-refractivity contribution in [3.8, 4) is 0 Å². The number of amides is 1. The maximum Gasteiger partial charge on any atom is 0.410 e. The summed E-state index contributed by atoms with van der Waals surface area (Å²) in [4.78, 5) is 18.8. The van der Waals surface area contributed by atoms with Crippen molar-refractivity contribution in [3.05, 3.63) is 65.5 Å². The fourth-order valence-electron chi connectivity index (χ4n) is 4.51. The minimum absolute atomic E-state index is 0.0154. The van der Waals surface area contributed by atoms with Gasteiger partial charge in [-0.2, -0.15) is 0 Å². The monoisotopic (exact) mass is 352 g/mol. The van der Waals surface area contributed by atoms with Gasteiger partial charge >= 0.3 is 6.09 Å². The average Bonchev–Trinajstić information content (AvgIpc) is 2.93. The maximum atomic E-state index is 12.7. The van der Waals surface area contributed by atoms with E-state index in [1.54, 1.807) is 6.20 Å². The average molecular weight is 352 g/mol. The fourth-order valence-corrected chi connectivity index (χ4v) is 4.51. The Morgan fingerprint density at radius 2 is 1.88 bits per heavy atom. The van der Waals surface area contributed by atoms with Crippen molar-refractivity contribution < 1.29 is 14.6 Å². The highest BCUT2D eigenvalue weighted by molar-refractivity contribution is 5.69. The summed E-state index contributed by atoms with van der Waals surface area (Å²) < 4.78 is 5.54. The Morgan fingerprint density at radius 3 is 2.54 bits per heavy atom. The number of aromatic nitrogens is 1. The number of nitrogens with zero attached hydrogens (tertiary/aromatic N) is 2. The maximum absolute atomic E-state index is 12.7. The molecule has 136 valence electrons. The van der Waals surface area contributed by atoms with Crippen molar-refractivity contribution in [2.45, 2.75) is 56.9 Å². The molecule has 0 radical (unpaired) electrons. The van der Waals surface area contributed by atoms with Gasteiger partial charge in [-0.25, -0.2) is 4.79 Å². The van der Waals surface area contributed by atoms with Crippen LogP contribution in [-0.4, -0.2) is 33.2 Å². The van der Waals surface area contributed by atoms with Gasteiger partial charge in [-0.05, 0) is 31.4 Å². The van der Waals surface area contributed by atoms with E-state index >= 15 is 0 Å². The number of aliphatic hydroxyl groups is 1. The van der Waals surface area contributed by atoms with Gasteiger partial charge in [-0.3, -0.25) is 4.98 Å². The lowest BCUT2D eigenvalue weighted by molar-refractivity contribution is -0.0542. The number of carbonyl (C=O) groups is 1. The summed E-state index contributed by atoms with van der Waals surface area (Å²) in [7, 11) is 0. The van der Waals surface area contributed by atoms with Crippen molar-refractivity contribution >= 4 is 6.09 Å². The van der Waals surface area contributed by atoms with Crippen molar-refractivity contribution in [2.75, 3.05) is 0 Å². The fraction of sp³-hybridized carbons (Fsp3) is 0.429. The second-order valence-corrected chi connectivity index (χ2v) is 7.41. The third kappa shape index (κ3) is 3.07. The molecule has 2 bridgehead atoms. The number of fused-ring (bicyclic) bond motifs is 2. The molecular formula is C21H24N2O3. The van der Waals surface area contributed by atoms with Crippen LogP contribution < -0.4 is 0 Å². The summed E-state index contributed by atoms with van der Waals surface area (Å²) in [6.07, 6.45) is 4.37. The van der Waals surface area contributed by atoms with E-state index in [1.165, 1.54) is 0 Å². The van der Waals surface area contributed by atoms with Gasteiger partial charge in [0.1, 0.15) is 6.61 Å². The van der Waals surface area contributed by atoms with Crippen LogP contribution in [0.5, 0.6) is 0 Å². The first-order valence-electron chi connectivity index (χ1n) is 9.20. The Balaban J connectivity index is 1.47. The number of piperidine rings is 1. The first kappa shape index (κ1) is 17.0. The van der Waals surface area contributed by atoms with Gasteiger partial charge in [0.05, 0.1) is 5.60 Å². The first-order chi connectivity index (χ1) is 12.6. The summed E-state index contributed by atoms with van der Waals surface area (Å²) in [6, 6.07) is 13.5. The first-order valence-corrected chi connectivity index (χ1v) is 9.20. The number of hydrogen-bond donors (Lipinski definition) is 1. The van der Waals surface area contributed by atoms with Crippen LogP contribution in [-0.2, 0) is 16.9 Å². The predicted molar refractivity (Wildman–Crippen MR) is 97.4 cm³/mol. The van der Waals surface area contributed by atoms with Crippen LogP contribution in [0.4, 0.5) is 4.79 Å². The van der Waals surface area contributed by atoms with Gasteiger partial charge in [-0.15, -0.1) is 0 Å². The van der Waals surface area contributed by atoms with Gasteiger partial charge in [0.2, 0.25) is 0 Å². The molecule has 4 rings (SSSR count). The largest absolute Gasteiger partial charge is 0.445 e. The van der Waals surface area contributed by atoms with E-state index in [0.717, 1.165) is 29.7 Å². The number of hydrogen-bond acceptors (Lipinski definition) is 4. The van der Waals surface area contributed by atoms with Gasteiger partial charge < -0.3 is 14.7 Å². The number of carbonyl (C=O) groups excluding carboxylic acids is 1. The third-order valence-electron chi connectivity index (χ3n) is 5.69. The van der Waals surface area contributed by atoms with Crippen LogP contribution in [0.25, 0.3) is 0 Å². The molecular weight excluding hydrogens is 328 g/mol. The summed E-state index contributed by atoms with van der Waals surface area (Å²) in [5, 5.41) is 11.3. The number of rotatable bonds is 3. The summed E-state index contributed by atoms with van der Waals surface area (Å²) >= 11 is 0. The summed E-state index contributed by atoms with van der Waals surface area (Å²) in [6.45, 7) is 2.21. The van der Waals surface area contributed by atoms with Gasteiger partial charge in [-0.1, -0.05) is 36.4 Å². The molecule has 1 aromatic carbocycles. The lowest BCUT2D eigenvalue weighted by Gasteiger charge is -2.43. The Kier molecular flexibility index (Phi) is 4.41. The van der Waals surface area contributed by atoms with Crippen LogP contribution in [0.3, 0.4) is 0 Å². The molecule has 0 saturated carbocycles. The van der Waals surface area contributed by atoms with Gasteiger partial charge in [0.15, 0.2) is 0 Å². The number of aryl methyl sites for hydroxylation is 1. The highest BCUT2D eigenvalue weighted by Crippen LogP contribution is 2.46. The normalized spacial score (nSPS) is 27.4. The van der Waals surface area contributed by atoms with E-state index in [0.29, 0.717) is 12.8 Å². The van der Waals surface area contributed by atoms with E-state index in [1.807, 2.05) is 54.3 Å². The van der Waals surface area contributed by atoms with Crippen LogP contribution in [0.2, 0.25) is 0 Å². The highest BCUT2D eigenvalue weighted by Gasteiger charge is 2.51. The SMILES string of the molecule is Cc1ncccc1C1(O)CC2CCC(C1)N2C(=O)OCc1ccccc1. The molecule has 1 amide bonds. The third-order valence-corrected chi connectivity index (χ3v) is 5.69. The number of pyridine rings is 1. The zero-order valence-corrected chi connectivity index (χ0v) is 15.0. The zero-order valence-electron chi connectivity index (χ0n) is 15.0. The minimum Gasteiger partial charge on any atom is -0.445 e. The van der Waals surface area contributed by atoms with Crippen molar-refractivity contribution in [3.63, 3.8) is 0 Å². The summed E-state index contributed by atoms with van der Waals surface area (Å²) in [5.41, 5.74) is 1.80. The van der Waals surface area contributed by atoms with Crippen LogP contribution in [0, 0.1) is 6.92 Å². The molecule has 5 nitrogen and oxygen atoms in total. The molecule has 2 fully saturated rings. The Hall–Kier alpha value is -2.40. The molecule has 2 aliphatic heterocycles. The lowest BCUT2D eigenvalue weighted by Crippen LogP contribution is -2.52. The Bertz CT molecular complexity index is 779. The molecule has 1 N–H and O–H groups in total. The van der Waals surface area contributed by atoms with E-state index in [9.17, 15) is 9.90 Å². The zero-order chi connectivity index (χ0) is 18.1. The van der Waals surface area contributed by atoms with Crippen molar-refractivity contribution in [2.24, 2.45) is 0 Å². The van der Waals surface area contributed by atoms with E-state index < -0.39 is 5.60 Å². The highest BCUT2D eigenvalue weighted by atomic mass is 16.6. The quantitative estimate of drug-likeness (QED) is 0.918. The van der Waals surface area contributed by atoms with Crippen molar-refractivity contribution in [1.29, 1.82) is 0 Å². The van der Waals surface area contributed by atoms with Crippen LogP contribution in [0.15, 0.2) is 48.7 Å². The molecule has 0 aliphatic carbocycles. The summed E-state index contributed by atoms with van der Waals surface area (Å²) in [5.74, 6) is 0. The molecule has 2 aromatic rings. The second kappa shape index (κ2) is 6.72. The Morgan fingerprint density at radius 1 is 1.19 bits per heavy atom. The smallest absolute Gasteiger partial charge is 0.410 e. The molecule has 0 spiro atoms. The Labute approximate surface area is 153 Å². The van der Waals surface area contributed by atoms with E-state index in [4.69, 9.17) is 4.74 Å². The number of ether oxygens (including phenoxy) is 1. The topological polar surface area (TPSA) is 62.7 Å². The van der Waals surface area contributed by atoms with Crippen molar-refractivity contribution in [1.82, 2.24) is 9.88 Å². The van der Waals surface area contributed by atoms with Gasteiger partial charge in [0, 0.05) is 42.4 Å². The molecule has 2 saturated heterocycles. The molecule has 5 heteroatoms. The predicted octanol–water partition coefficient (Wildman–Crippen LogP) is 3.54. The minimum atomic E-state index is -0.916. The second-order valence-electron chi connectivity index (χ2n) is 7.41.